The van der Waals surface area contributed by atoms with E-state index in [0.29, 0.717) is 38.3 Å². The minimum absolute atomic E-state index is 0.0349. The number of carbonyl (C=O) groups is 1. The van der Waals surface area contributed by atoms with Gasteiger partial charge in [-0.05, 0) is 50.1 Å². The zero-order chi connectivity index (χ0) is 25.9. The molecule has 0 bridgehead atoms. The van der Waals surface area contributed by atoms with Gasteiger partial charge in [0, 0.05) is 26.2 Å². The van der Waals surface area contributed by atoms with E-state index in [9.17, 15) is 21.6 Å². The molecule has 2 aliphatic rings. The number of sulfonamides is 2. The van der Waals surface area contributed by atoms with Gasteiger partial charge in [-0.3, -0.25) is 4.79 Å². The molecule has 0 aromatic heterocycles. The standard InChI is InChI=1S/C24H31N3O7S2/c1-18-5-7-20(8-6-18)35(29,30)27-11-3-4-19(17-27)24(28)25-22-16-21(9-10-23(22)33-2)36(31,32)26-12-14-34-15-13-26/h5-10,16,19H,3-4,11-15,17H2,1-2H3,(H,25,28)/t19-/m1/s1. The summed E-state index contributed by atoms with van der Waals surface area (Å²) in [6.07, 6.45) is 1.05. The fraction of sp³-hybridized carbons (Fsp3) is 0.458. The van der Waals surface area contributed by atoms with Gasteiger partial charge in [-0.25, -0.2) is 16.8 Å². The van der Waals surface area contributed by atoms with Crippen LogP contribution in [0, 0.1) is 12.8 Å². The van der Waals surface area contributed by atoms with E-state index in [4.69, 9.17) is 9.47 Å². The molecule has 1 amide bonds. The SMILES string of the molecule is COc1ccc(S(=O)(=O)N2CCOCC2)cc1NC(=O)[C@@H]1CCCN(S(=O)(=O)c2ccc(C)cc2)C1. The van der Waals surface area contributed by atoms with Crippen molar-refractivity contribution in [3.05, 3.63) is 48.0 Å². The lowest BCUT2D eigenvalue weighted by Gasteiger charge is -2.31. The zero-order valence-corrected chi connectivity index (χ0v) is 22.0. The highest BCUT2D eigenvalue weighted by Gasteiger charge is 2.34. The second-order valence-electron chi connectivity index (χ2n) is 8.88. The van der Waals surface area contributed by atoms with Crippen LogP contribution in [-0.4, -0.2) is 77.9 Å². The number of piperidine rings is 1. The van der Waals surface area contributed by atoms with Crippen LogP contribution in [0.2, 0.25) is 0 Å². The molecule has 12 heteroatoms. The lowest BCUT2D eigenvalue weighted by Crippen LogP contribution is -2.43. The maximum atomic E-state index is 13.2. The molecule has 0 unspecified atom stereocenters. The summed E-state index contributed by atoms with van der Waals surface area (Å²) in [5.74, 6) is -0.676. The summed E-state index contributed by atoms with van der Waals surface area (Å²) >= 11 is 0. The van der Waals surface area contributed by atoms with Crippen LogP contribution >= 0.6 is 0 Å². The highest BCUT2D eigenvalue weighted by atomic mass is 32.2. The molecule has 2 saturated heterocycles. The largest absolute Gasteiger partial charge is 0.495 e. The fourth-order valence-corrected chi connectivity index (χ4v) is 7.31. The fourth-order valence-electron chi connectivity index (χ4n) is 4.35. The molecule has 36 heavy (non-hydrogen) atoms. The Hall–Kier alpha value is -2.51. The average molecular weight is 538 g/mol. The number of nitrogens with zero attached hydrogens (tertiary/aromatic N) is 2. The number of anilines is 1. The second-order valence-corrected chi connectivity index (χ2v) is 12.8. The normalized spacial score (nSPS) is 20.1. The Morgan fingerprint density at radius 3 is 2.25 bits per heavy atom. The third-order valence-corrected chi connectivity index (χ3v) is 10.2. The summed E-state index contributed by atoms with van der Waals surface area (Å²) in [5, 5.41) is 2.77. The molecule has 2 aromatic carbocycles. The predicted octanol–water partition coefficient (Wildman–Crippen LogP) is 2.06. The van der Waals surface area contributed by atoms with Crippen molar-refractivity contribution < 1.29 is 31.1 Å². The van der Waals surface area contributed by atoms with Crippen molar-refractivity contribution in [2.45, 2.75) is 29.6 Å². The van der Waals surface area contributed by atoms with E-state index in [0.717, 1.165) is 5.56 Å². The first-order valence-corrected chi connectivity index (χ1v) is 14.6. The van der Waals surface area contributed by atoms with Crippen LogP contribution in [0.1, 0.15) is 18.4 Å². The quantitative estimate of drug-likeness (QED) is 0.574. The Balaban J connectivity index is 1.52. The van der Waals surface area contributed by atoms with Gasteiger partial charge < -0.3 is 14.8 Å². The van der Waals surface area contributed by atoms with Gasteiger partial charge >= 0.3 is 0 Å². The molecule has 1 atom stereocenters. The van der Waals surface area contributed by atoms with Crippen molar-refractivity contribution in [3.63, 3.8) is 0 Å². The van der Waals surface area contributed by atoms with Crippen LogP contribution < -0.4 is 10.1 Å². The Kier molecular flexibility index (Phi) is 8.00. The molecular weight excluding hydrogens is 506 g/mol. The topological polar surface area (TPSA) is 122 Å². The summed E-state index contributed by atoms with van der Waals surface area (Å²) in [5.41, 5.74) is 1.17. The molecule has 0 radical (unpaired) electrons. The van der Waals surface area contributed by atoms with Crippen molar-refractivity contribution in [2.24, 2.45) is 5.92 Å². The number of amides is 1. The summed E-state index contributed by atoms with van der Waals surface area (Å²) in [4.78, 5) is 13.4. The molecular formula is C24H31N3O7S2. The van der Waals surface area contributed by atoms with Crippen LogP contribution in [0.3, 0.4) is 0 Å². The van der Waals surface area contributed by atoms with Crippen LogP contribution in [0.25, 0.3) is 0 Å². The van der Waals surface area contributed by atoms with E-state index < -0.39 is 31.9 Å². The van der Waals surface area contributed by atoms with Crippen molar-refractivity contribution in [1.29, 1.82) is 0 Å². The molecule has 10 nitrogen and oxygen atoms in total. The maximum Gasteiger partial charge on any atom is 0.243 e. The number of morpholine rings is 1. The summed E-state index contributed by atoms with van der Waals surface area (Å²) in [7, 11) is -6.08. The van der Waals surface area contributed by atoms with Gasteiger partial charge in [-0.2, -0.15) is 8.61 Å². The van der Waals surface area contributed by atoms with Crippen LogP contribution in [-0.2, 0) is 29.6 Å². The lowest BCUT2D eigenvalue weighted by atomic mass is 9.98. The molecule has 2 fully saturated rings. The highest BCUT2D eigenvalue weighted by molar-refractivity contribution is 7.89. The first-order valence-electron chi connectivity index (χ1n) is 11.8. The van der Waals surface area contributed by atoms with Gasteiger partial charge in [-0.15, -0.1) is 0 Å². The number of hydrogen-bond donors (Lipinski definition) is 1. The number of hydrogen-bond acceptors (Lipinski definition) is 7. The van der Waals surface area contributed by atoms with Crippen LogP contribution in [0.4, 0.5) is 5.69 Å². The average Bonchev–Trinajstić information content (AvgIpc) is 2.89. The van der Waals surface area contributed by atoms with Crippen molar-refractivity contribution in [2.75, 3.05) is 51.8 Å². The zero-order valence-electron chi connectivity index (χ0n) is 20.3. The van der Waals surface area contributed by atoms with Crippen LogP contribution in [0.5, 0.6) is 5.75 Å². The van der Waals surface area contributed by atoms with E-state index in [-0.39, 0.29) is 35.1 Å². The number of rotatable bonds is 7. The Morgan fingerprint density at radius 2 is 1.58 bits per heavy atom. The number of carbonyl (C=O) groups excluding carboxylic acids is 1. The van der Waals surface area contributed by atoms with E-state index in [1.807, 2.05) is 6.92 Å². The maximum absolute atomic E-state index is 13.2. The molecule has 0 spiro atoms. The molecule has 196 valence electrons. The third-order valence-electron chi connectivity index (χ3n) is 6.45. The number of ether oxygens (including phenoxy) is 2. The molecule has 2 heterocycles. The minimum atomic E-state index is -3.77. The molecule has 0 saturated carbocycles. The number of methoxy groups -OCH3 is 1. The summed E-state index contributed by atoms with van der Waals surface area (Å²) in [6, 6.07) is 10.9. The van der Waals surface area contributed by atoms with Crippen molar-refractivity contribution in [3.8, 4) is 5.75 Å². The Bertz CT molecular complexity index is 1310. The second kappa shape index (κ2) is 10.9. The minimum Gasteiger partial charge on any atom is -0.495 e. The molecule has 0 aliphatic carbocycles. The molecule has 1 N–H and O–H groups in total. The lowest BCUT2D eigenvalue weighted by molar-refractivity contribution is -0.120. The van der Waals surface area contributed by atoms with E-state index >= 15 is 0 Å². The first kappa shape index (κ1) is 26.6. The monoisotopic (exact) mass is 537 g/mol. The van der Waals surface area contributed by atoms with Crippen molar-refractivity contribution >= 4 is 31.6 Å². The van der Waals surface area contributed by atoms with Gasteiger partial charge in [0.25, 0.3) is 0 Å². The smallest absolute Gasteiger partial charge is 0.243 e. The molecule has 4 rings (SSSR count). The number of benzene rings is 2. The molecule has 2 aliphatic heterocycles. The first-order chi connectivity index (χ1) is 17.1. The van der Waals surface area contributed by atoms with Gasteiger partial charge in [0.15, 0.2) is 0 Å². The van der Waals surface area contributed by atoms with E-state index in [1.165, 1.54) is 33.9 Å². The van der Waals surface area contributed by atoms with E-state index in [2.05, 4.69) is 5.32 Å². The van der Waals surface area contributed by atoms with Crippen LogP contribution in [0.15, 0.2) is 52.3 Å². The summed E-state index contributed by atoms with van der Waals surface area (Å²) in [6.45, 7) is 3.40. The molecule has 2 aromatic rings. The van der Waals surface area contributed by atoms with Gasteiger partial charge in [0.05, 0.1) is 41.7 Å². The van der Waals surface area contributed by atoms with Gasteiger partial charge in [-0.1, -0.05) is 17.7 Å². The van der Waals surface area contributed by atoms with Gasteiger partial charge in [0.2, 0.25) is 26.0 Å². The third kappa shape index (κ3) is 5.57. The predicted molar refractivity (Wildman–Crippen MR) is 134 cm³/mol. The number of nitrogens with one attached hydrogen (secondary N) is 1. The Morgan fingerprint density at radius 1 is 0.944 bits per heavy atom. The van der Waals surface area contributed by atoms with E-state index in [1.54, 1.807) is 24.3 Å². The Labute approximate surface area is 212 Å². The highest BCUT2D eigenvalue weighted by Crippen LogP contribution is 2.31. The summed E-state index contributed by atoms with van der Waals surface area (Å²) < 4.78 is 65.7. The van der Waals surface area contributed by atoms with Gasteiger partial charge in [0.1, 0.15) is 5.75 Å². The van der Waals surface area contributed by atoms with Crippen molar-refractivity contribution in [1.82, 2.24) is 8.61 Å². The number of aryl methyl sites for hydroxylation is 1.